The van der Waals surface area contributed by atoms with Crippen LogP contribution < -0.4 is 9.47 Å². The summed E-state index contributed by atoms with van der Waals surface area (Å²) in [4.78, 5) is 23.4. The molecule has 2 atom stereocenters. The maximum Gasteiger partial charge on any atom is 0.343 e. The van der Waals surface area contributed by atoms with Gasteiger partial charge in [-0.05, 0) is 86.7 Å². The molecule has 2 aromatic rings. The van der Waals surface area contributed by atoms with Crippen LogP contribution >= 0.6 is 0 Å². The number of benzene rings is 2. The number of hydrogen-bond acceptors (Lipinski definition) is 7. The molecule has 0 heterocycles. The first-order valence-corrected chi connectivity index (χ1v) is 12.4. The van der Waals surface area contributed by atoms with Crippen LogP contribution in [0.3, 0.4) is 0 Å². The third-order valence-electron chi connectivity index (χ3n) is 6.03. The molecule has 0 aliphatic heterocycles. The number of rotatable bonds is 13. The topological polar surface area (TPSA) is 91.3 Å². The van der Waals surface area contributed by atoms with Crippen LogP contribution in [0.15, 0.2) is 85.2 Å². The van der Waals surface area contributed by atoms with E-state index in [9.17, 15) is 14.7 Å². The standard InChI is InChI=1S/C30H34O7/c1-4-22-8-12-25(13-9-22)36-28(32)23-10-14-26(15-11-23)37-29(33)30(3)18-16-24(17-19-30)34-20-6-7-21-35-27(31)5-2/h5,8-18,29,33H,2,4,6-7,19-21H2,1,3H3. The van der Waals surface area contributed by atoms with E-state index in [0.29, 0.717) is 43.1 Å². The van der Waals surface area contributed by atoms with Crippen LogP contribution in [0.5, 0.6) is 11.5 Å². The molecule has 1 aliphatic rings. The molecule has 0 fully saturated rings. The first-order valence-electron chi connectivity index (χ1n) is 12.4. The van der Waals surface area contributed by atoms with Crippen molar-refractivity contribution in [2.24, 2.45) is 5.41 Å². The summed E-state index contributed by atoms with van der Waals surface area (Å²) in [5.41, 5.74) is 0.906. The van der Waals surface area contributed by atoms with Gasteiger partial charge in [0.15, 0.2) is 0 Å². The Hall–Kier alpha value is -3.84. The van der Waals surface area contributed by atoms with Crippen molar-refractivity contribution in [1.82, 2.24) is 0 Å². The third kappa shape index (κ3) is 8.36. The van der Waals surface area contributed by atoms with Gasteiger partial charge >= 0.3 is 11.9 Å². The van der Waals surface area contributed by atoms with E-state index in [0.717, 1.165) is 24.7 Å². The summed E-state index contributed by atoms with van der Waals surface area (Å²) in [5, 5.41) is 10.7. The molecule has 37 heavy (non-hydrogen) atoms. The van der Waals surface area contributed by atoms with Crippen LogP contribution in [0.1, 0.15) is 49.0 Å². The monoisotopic (exact) mass is 506 g/mol. The van der Waals surface area contributed by atoms with Gasteiger partial charge in [0.1, 0.15) is 17.3 Å². The Morgan fingerprint density at radius 3 is 2.35 bits per heavy atom. The highest BCUT2D eigenvalue weighted by Gasteiger charge is 2.33. The normalized spacial score (nSPS) is 17.3. The lowest BCUT2D eigenvalue weighted by molar-refractivity contribution is -0.137. The van der Waals surface area contributed by atoms with Crippen LogP contribution in [-0.4, -0.2) is 36.5 Å². The van der Waals surface area contributed by atoms with Crippen LogP contribution in [0.25, 0.3) is 0 Å². The minimum atomic E-state index is -1.10. The molecule has 3 rings (SSSR count). The zero-order valence-corrected chi connectivity index (χ0v) is 21.4. The molecule has 0 radical (unpaired) electrons. The molecule has 1 aliphatic carbocycles. The maximum atomic E-state index is 12.4. The number of allylic oxidation sites excluding steroid dienone is 2. The molecular weight excluding hydrogens is 472 g/mol. The summed E-state index contributed by atoms with van der Waals surface area (Å²) in [6, 6.07) is 13.9. The molecule has 7 heteroatoms. The number of aryl methyl sites for hydroxylation is 1. The lowest BCUT2D eigenvalue weighted by atomic mass is 9.82. The number of unbranched alkanes of at least 4 members (excludes halogenated alkanes) is 1. The lowest BCUT2D eigenvalue weighted by Crippen LogP contribution is -2.36. The highest BCUT2D eigenvalue weighted by atomic mass is 16.6. The summed E-state index contributed by atoms with van der Waals surface area (Å²) >= 11 is 0. The van der Waals surface area contributed by atoms with Crippen molar-refractivity contribution >= 4 is 11.9 Å². The van der Waals surface area contributed by atoms with E-state index in [4.69, 9.17) is 18.9 Å². The van der Waals surface area contributed by atoms with E-state index in [1.165, 1.54) is 5.56 Å². The molecule has 0 saturated heterocycles. The minimum absolute atomic E-state index is 0.333. The Morgan fingerprint density at radius 2 is 1.73 bits per heavy atom. The highest BCUT2D eigenvalue weighted by Crippen LogP contribution is 2.34. The van der Waals surface area contributed by atoms with Crippen LogP contribution in [-0.2, 0) is 20.7 Å². The van der Waals surface area contributed by atoms with Gasteiger partial charge in [-0.3, -0.25) is 0 Å². The molecule has 2 aromatic carbocycles. The van der Waals surface area contributed by atoms with Gasteiger partial charge in [0.2, 0.25) is 6.29 Å². The summed E-state index contributed by atoms with van der Waals surface area (Å²) < 4.78 is 21.9. The molecule has 0 saturated carbocycles. The number of carbonyl (C=O) groups is 2. The van der Waals surface area contributed by atoms with E-state index < -0.39 is 23.6 Å². The van der Waals surface area contributed by atoms with Crippen LogP contribution in [0.4, 0.5) is 0 Å². The van der Waals surface area contributed by atoms with Gasteiger partial charge in [0.05, 0.1) is 24.2 Å². The second kappa shape index (κ2) is 13.5. The van der Waals surface area contributed by atoms with E-state index >= 15 is 0 Å². The van der Waals surface area contributed by atoms with Gasteiger partial charge in [0, 0.05) is 6.08 Å². The van der Waals surface area contributed by atoms with Crippen molar-refractivity contribution in [2.75, 3.05) is 13.2 Å². The van der Waals surface area contributed by atoms with Crippen molar-refractivity contribution in [3.8, 4) is 11.5 Å². The molecule has 0 spiro atoms. The predicted octanol–water partition coefficient (Wildman–Crippen LogP) is 5.54. The van der Waals surface area contributed by atoms with Gasteiger partial charge in [-0.25, -0.2) is 9.59 Å². The Labute approximate surface area is 218 Å². The first-order chi connectivity index (χ1) is 17.8. The van der Waals surface area contributed by atoms with E-state index in [1.54, 1.807) is 36.4 Å². The van der Waals surface area contributed by atoms with Crippen molar-refractivity contribution < 1.29 is 33.6 Å². The van der Waals surface area contributed by atoms with Gasteiger partial charge < -0.3 is 24.1 Å². The number of esters is 2. The number of carbonyl (C=O) groups excluding carboxylic acids is 2. The fourth-order valence-electron chi connectivity index (χ4n) is 3.54. The molecule has 7 nitrogen and oxygen atoms in total. The van der Waals surface area contributed by atoms with Crippen molar-refractivity contribution in [2.45, 2.75) is 45.8 Å². The molecule has 196 valence electrons. The summed E-state index contributed by atoms with van der Waals surface area (Å²) in [5.74, 6) is 0.759. The SMILES string of the molecule is C=CC(=O)OCCCCOC1=CCC(C)(C(O)Oc2ccc(C(=O)Oc3ccc(CC)cc3)cc2)C=C1. The second-order valence-corrected chi connectivity index (χ2v) is 8.96. The largest absolute Gasteiger partial charge is 0.494 e. The van der Waals surface area contributed by atoms with E-state index in [2.05, 4.69) is 13.5 Å². The predicted molar refractivity (Wildman–Crippen MR) is 140 cm³/mol. The first kappa shape index (κ1) is 27.7. The average Bonchev–Trinajstić information content (AvgIpc) is 2.92. The maximum absolute atomic E-state index is 12.4. The average molecular weight is 507 g/mol. The fraction of sp³-hybridized carbons (Fsp3) is 0.333. The summed E-state index contributed by atoms with van der Waals surface area (Å²) in [6.07, 6.45) is 8.53. The number of aliphatic hydroxyl groups excluding tert-OH is 1. The molecule has 0 amide bonds. The molecule has 0 aromatic heterocycles. The second-order valence-electron chi connectivity index (χ2n) is 8.96. The Kier molecular flexibility index (Phi) is 10.1. The van der Waals surface area contributed by atoms with Gasteiger partial charge in [-0.1, -0.05) is 31.7 Å². The zero-order valence-electron chi connectivity index (χ0n) is 21.4. The smallest absolute Gasteiger partial charge is 0.343 e. The number of ether oxygens (including phenoxy) is 4. The summed E-state index contributed by atoms with van der Waals surface area (Å²) in [6.45, 7) is 8.14. The number of aliphatic hydroxyl groups is 1. The Morgan fingerprint density at radius 1 is 1.05 bits per heavy atom. The third-order valence-corrected chi connectivity index (χ3v) is 6.03. The quantitative estimate of drug-likeness (QED) is 0.125. The molecule has 0 bridgehead atoms. The number of hydrogen-bond donors (Lipinski definition) is 1. The Bertz CT molecular complexity index is 1120. The van der Waals surface area contributed by atoms with Crippen LogP contribution in [0, 0.1) is 5.41 Å². The van der Waals surface area contributed by atoms with E-state index in [-0.39, 0.29) is 0 Å². The lowest BCUT2D eigenvalue weighted by Gasteiger charge is -2.32. The molecule has 1 N–H and O–H groups in total. The minimum Gasteiger partial charge on any atom is -0.494 e. The van der Waals surface area contributed by atoms with Crippen molar-refractivity contribution in [3.05, 3.63) is 96.3 Å². The van der Waals surface area contributed by atoms with Crippen molar-refractivity contribution in [1.29, 1.82) is 0 Å². The van der Waals surface area contributed by atoms with Crippen LogP contribution in [0.2, 0.25) is 0 Å². The highest BCUT2D eigenvalue weighted by molar-refractivity contribution is 5.91. The molecule has 2 unspecified atom stereocenters. The Balaban J connectivity index is 1.44. The molecular formula is C30H34O7. The van der Waals surface area contributed by atoms with Gasteiger partial charge in [-0.15, -0.1) is 0 Å². The van der Waals surface area contributed by atoms with Gasteiger partial charge in [0.25, 0.3) is 0 Å². The summed E-state index contributed by atoms with van der Waals surface area (Å²) in [7, 11) is 0. The zero-order chi connectivity index (χ0) is 26.7. The van der Waals surface area contributed by atoms with E-state index in [1.807, 2.05) is 37.3 Å². The van der Waals surface area contributed by atoms with Crippen molar-refractivity contribution in [3.63, 3.8) is 0 Å². The fourth-order valence-corrected chi connectivity index (χ4v) is 3.54. The van der Waals surface area contributed by atoms with Gasteiger partial charge in [-0.2, -0.15) is 0 Å².